The summed E-state index contributed by atoms with van der Waals surface area (Å²) >= 11 is 6.54. The number of hydrogen-bond acceptors (Lipinski definition) is 3. The van der Waals surface area contributed by atoms with E-state index in [0.717, 1.165) is 16.9 Å². The predicted molar refractivity (Wildman–Crippen MR) is 96.2 cm³/mol. The lowest BCUT2D eigenvalue weighted by Crippen LogP contribution is -2.08. The van der Waals surface area contributed by atoms with Gasteiger partial charge in [0.25, 0.3) is 0 Å². The Balaban J connectivity index is 2.23. The van der Waals surface area contributed by atoms with Crippen LogP contribution in [0.25, 0.3) is 5.65 Å². The standard InChI is InChI=1S/C17H14Br2N2O2/c1-3-13-15(21-8-9(2)4-5-14(21)20-13)16(22)10-6-11(18)17(23)12(19)7-10/h4-8,23H,3H2,1-2H3. The van der Waals surface area contributed by atoms with Gasteiger partial charge in [-0.25, -0.2) is 4.98 Å². The number of carbonyl (C=O) groups is 1. The number of aromatic nitrogens is 2. The van der Waals surface area contributed by atoms with Gasteiger partial charge in [-0.05, 0) is 69.0 Å². The van der Waals surface area contributed by atoms with E-state index in [4.69, 9.17) is 0 Å². The zero-order valence-electron chi connectivity index (χ0n) is 12.6. The number of carbonyl (C=O) groups excluding carboxylic acids is 1. The van der Waals surface area contributed by atoms with Gasteiger partial charge in [0.05, 0.1) is 14.6 Å². The summed E-state index contributed by atoms with van der Waals surface area (Å²) < 4.78 is 2.78. The Bertz CT molecular complexity index is 909. The van der Waals surface area contributed by atoms with Crippen molar-refractivity contribution < 1.29 is 9.90 Å². The molecule has 118 valence electrons. The molecule has 4 nitrogen and oxygen atoms in total. The van der Waals surface area contributed by atoms with Gasteiger partial charge in [-0.3, -0.25) is 9.20 Å². The summed E-state index contributed by atoms with van der Waals surface area (Å²) in [7, 11) is 0. The molecule has 2 aromatic heterocycles. The molecule has 0 spiro atoms. The number of imidazole rings is 1. The molecule has 0 aliphatic rings. The highest BCUT2D eigenvalue weighted by Crippen LogP contribution is 2.34. The van der Waals surface area contributed by atoms with Crippen molar-refractivity contribution in [3.05, 3.63) is 61.9 Å². The van der Waals surface area contributed by atoms with E-state index < -0.39 is 0 Å². The summed E-state index contributed by atoms with van der Waals surface area (Å²) in [4.78, 5) is 17.6. The SMILES string of the molecule is CCc1nc2ccc(C)cn2c1C(=O)c1cc(Br)c(O)c(Br)c1. The lowest BCUT2D eigenvalue weighted by Gasteiger charge is -2.07. The number of fused-ring (bicyclic) bond motifs is 1. The molecule has 6 heteroatoms. The van der Waals surface area contributed by atoms with E-state index in [-0.39, 0.29) is 11.5 Å². The smallest absolute Gasteiger partial charge is 0.211 e. The number of ketones is 1. The van der Waals surface area contributed by atoms with Crippen LogP contribution >= 0.6 is 31.9 Å². The number of hydrogen-bond donors (Lipinski definition) is 1. The Morgan fingerprint density at radius 1 is 1.26 bits per heavy atom. The van der Waals surface area contributed by atoms with Gasteiger partial charge in [0, 0.05) is 11.8 Å². The van der Waals surface area contributed by atoms with Crippen molar-refractivity contribution >= 4 is 43.3 Å². The predicted octanol–water partition coefficient (Wildman–Crippen LogP) is 4.67. The number of nitrogens with zero attached hydrogens (tertiary/aromatic N) is 2. The van der Waals surface area contributed by atoms with E-state index in [1.165, 1.54) is 0 Å². The first-order valence-corrected chi connectivity index (χ1v) is 8.71. The van der Waals surface area contributed by atoms with Gasteiger partial charge in [-0.1, -0.05) is 13.0 Å². The van der Waals surface area contributed by atoms with Crippen molar-refractivity contribution in [1.82, 2.24) is 9.38 Å². The van der Waals surface area contributed by atoms with Crippen molar-refractivity contribution in [3.8, 4) is 5.75 Å². The average molecular weight is 438 g/mol. The maximum Gasteiger partial charge on any atom is 0.211 e. The molecule has 0 radical (unpaired) electrons. The van der Waals surface area contributed by atoms with Crippen molar-refractivity contribution in [1.29, 1.82) is 0 Å². The molecule has 0 bridgehead atoms. The number of aromatic hydroxyl groups is 1. The summed E-state index contributed by atoms with van der Waals surface area (Å²) in [6, 6.07) is 7.13. The van der Waals surface area contributed by atoms with E-state index in [2.05, 4.69) is 36.8 Å². The van der Waals surface area contributed by atoms with Gasteiger partial charge in [-0.2, -0.15) is 0 Å². The second-order valence-corrected chi connectivity index (χ2v) is 7.02. The van der Waals surface area contributed by atoms with Crippen LogP contribution < -0.4 is 0 Å². The molecule has 0 atom stereocenters. The van der Waals surface area contributed by atoms with Crippen LogP contribution in [0.1, 0.15) is 34.2 Å². The molecule has 0 saturated heterocycles. The quantitative estimate of drug-likeness (QED) is 0.606. The summed E-state index contributed by atoms with van der Waals surface area (Å²) in [5.41, 5.74) is 3.63. The second kappa shape index (κ2) is 6.09. The number of aryl methyl sites for hydroxylation is 2. The van der Waals surface area contributed by atoms with Crippen molar-refractivity contribution in [2.45, 2.75) is 20.3 Å². The van der Waals surface area contributed by atoms with Crippen LogP contribution in [0, 0.1) is 6.92 Å². The van der Waals surface area contributed by atoms with Gasteiger partial charge < -0.3 is 5.11 Å². The summed E-state index contributed by atoms with van der Waals surface area (Å²) in [6.45, 7) is 3.96. The highest BCUT2D eigenvalue weighted by atomic mass is 79.9. The first-order valence-electron chi connectivity index (χ1n) is 7.12. The van der Waals surface area contributed by atoms with Gasteiger partial charge in [0.1, 0.15) is 17.1 Å². The van der Waals surface area contributed by atoms with Crippen LogP contribution in [0.3, 0.4) is 0 Å². The molecule has 3 rings (SSSR count). The van der Waals surface area contributed by atoms with Gasteiger partial charge in [0.15, 0.2) is 0 Å². The topological polar surface area (TPSA) is 54.6 Å². The Morgan fingerprint density at radius 2 is 1.91 bits per heavy atom. The summed E-state index contributed by atoms with van der Waals surface area (Å²) in [6.07, 6.45) is 2.58. The molecule has 23 heavy (non-hydrogen) atoms. The van der Waals surface area contributed by atoms with Crippen LogP contribution in [0.2, 0.25) is 0 Å². The third-order valence-electron chi connectivity index (χ3n) is 3.67. The molecule has 1 aromatic carbocycles. The maximum absolute atomic E-state index is 13.0. The lowest BCUT2D eigenvalue weighted by atomic mass is 10.1. The Morgan fingerprint density at radius 3 is 2.52 bits per heavy atom. The van der Waals surface area contributed by atoms with E-state index in [0.29, 0.717) is 26.6 Å². The molecule has 0 unspecified atom stereocenters. The number of benzene rings is 1. The van der Waals surface area contributed by atoms with Crippen LogP contribution in [0.15, 0.2) is 39.4 Å². The minimum Gasteiger partial charge on any atom is -0.506 e. The zero-order valence-corrected chi connectivity index (χ0v) is 15.8. The van der Waals surface area contributed by atoms with Gasteiger partial charge in [-0.15, -0.1) is 0 Å². The fraction of sp³-hybridized carbons (Fsp3) is 0.176. The molecule has 2 heterocycles. The van der Waals surface area contributed by atoms with Gasteiger partial charge >= 0.3 is 0 Å². The molecule has 3 aromatic rings. The fourth-order valence-electron chi connectivity index (χ4n) is 2.52. The van der Waals surface area contributed by atoms with E-state index in [1.54, 1.807) is 12.1 Å². The monoisotopic (exact) mass is 436 g/mol. The van der Waals surface area contributed by atoms with E-state index >= 15 is 0 Å². The number of halogens is 2. The Labute approximate surface area is 150 Å². The highest BCUT2D eigenvalue weighted by molar-refractivity contribution is 9.11. The molecule has 0 fully saturated rings. The Kier molecular flexibility index (Phi) is 4.29. The highest BCUT2D eigenvalue weighted by Gasteiger charge is 2.21. The van der Waals surface area contributed by atoms with Gasteiger partial charge in [0.2, 0.25) is 5.78 Å². The molecule has 0 aliphatic carbocycles. The molecular formula is C17H14Br2N2O2. The molecule has 1 N–H and O–H groups in total. The van der Waals surface area contributed by atoms with Crippen LogP contribution in [0.4, 0.5) is 0 Å². The molecule has 0 saturated carbocycles. The maximum atomic E-state index is 13.0. The summed E-state index contributed by atoms with van der Waals surface area (Å²) in [5, 5.41) is 9.83. The van der Waals surface area contributed by atoms with Crippen LogP contribution in [-0.2, 0) is 6.42 Å². The van der Waals surface area contributed by atoms with E-state index in [1.807, 2.05) is 36.6 Å². The number of phenolic OH excluding ortho intramolecular Hbond substituents is 1. The second-order valence-electron chi connectivity index (χ2n) is 5.31. The van der Waals surface area contributed by atoms with Crippen LogP contribution in [0.5, 0.6) is 5.75 Å². The van der Waals surface area contributed by atoms with Crippen molar-refractivity contribution in [2.75, 3.05) is 0 Å². The minimum atomic E-state index is -0.124. The number of rotatable bonds is 3. The minimum absolute atomic E-state index is 0.0752. The lowest BCUT2D eigenvalue weighted by molar-refractivity contribution is 0.103. The fourth-order valence-corrected chi connectivity index (χ4v) is 3.71. The first-order chi connectivity index (χ1) is 10.9. The normalized spacial score (nSPS) is 11.1. The van der Waals surface area contributed by atoms with Crippen molar-refractivity contribution in [3.63, 3.8) is 0 Å². The molecule has 0 aliphatic heterocycles. The largest absolute Gasteiger partial charge is 0.506 e. The van der Waals surface area contributed by atoms with Crippen LogP contribution in [-0.4, -0.2) is 20.3 Å². The Hall–Kier alpha value is -1.66. The number of phenols is 1. The molecular weight excluding hydrogens is 424 g/mol. The van der Waals surface area contributed by atoms with Crippen molar-refractivity contribution in [2.24, 2.45) is 0 Å². The first kappa shape index (κ1) is 16.2. The third-order valence-corrected chi connectivity index (χ3v) is 4.88. The third kappa shape index (κ3) is 2.81. The van der Waals surface area contributed by atoms with E-state index in [9.17, 15) is 9.90 Å². The number of pyridine rings is 1. The zero-order chi connectivity index (χ0) is 16.7. The molecule has 0 amide bonds. The average Bonchev–Trinajstić information content (AvgIpc) is 2.89. The summed E-state index contributed by atoms with van der Waals surface area (Å²) in [5.74, 6) is -0.0485.